The number of thioether (sulfide) groups is 1. The second kappa shape index (κ2) is 6.91. The fourth-order valence-corrected chi connectivity index (χ4v) is 1.89. The minimum atomic E-state index is 0.0277. The molecule has 0 fully saturated rings. The smallest absolute Gasteiger partial charge is 0.253 e. The Kier molecular flexibility index (Phi) is 5.49. The van der Waals surface area contributed by atoms with Crippen LogP contribution >= 0.6 is 11.8 Å². The van der Waals surface area contributed by atoms with Gasteiger partial charge in [0.15, 0.2) is 0 Å². The third-order valence-corrected chi connectivity index (χ3v) is 2.93. The first-order valence-corrected chi connectivity index (χ1v) is 6.23. The van der Waals surface area contributed by atoms with E-state index < -0.39 is 0 Å². The maximum absolute atomic E-state index is 11.6. The molecule has 0 radical (unpaired) electrons. The fraction of sp³-hybridized carbons (Fsp3) is 0.231. The number of rotatable bonds is 5. The summed E-state index contributed by atoms with van der Waals surface area (Å²) in [6, 6.07) is 7.65. The van der Waals surface area contributed by atoms with E-state index in [0.29, 0.717) is 5.56 Å². The largest absolute Gasteiger partial charge is 0.345 e. The number of amides is 1. The van der Waals surface area contributed by atoms with Crippen LogP contribution < -0.4 is 0 Å². The van der Waals surface area contributed by atoms with Crippen molar-refractivity contribution in [3.63, 3.8) is 0 Å². The SMILES string of the molecule is C=N/C=C\SCc1ccc(C(=O)N(C)C)cc1. The molecule has 4 heteroatoms. The van der Waals surface area contributed by atoms with Crippen LogP contribution in [0.1, 0.15) is 15.9 Å². The molecule has 0 saturated heterocycles. The first kappa shape index (κ1) is 13.5. The zero-order chi connectivity index (χ0) is 12.7. The molecule has 1 rings (SSSR count). The van der Waals surface area contributed by atoms with Gasteiger partial charge in [0.1, 0.15) is 0 Å². The standard InChI is InChI=1S/C13H16N2OS/c1-14-8-9-17-10-11-4-6-12(7-5-11)13(16)15(2)3/h4-9H,1,10H2,2-3H3/b9-8-. The molecule has 0 aliphatic heterocycles. The highest BCUT2D eigenvalue weighted by molar-refractivity contribution is 8.01. The lowest BCUT2D eigenvalue weighted by Crippen LogP contribution is -2.21. The van der Waals surface area contributed by atoms with E-state index in [1.165, 1.54) is 5.56 Å². The lowest BCUT2D eigenvalue weighted by atomic mass is 10.1. The van der Waals surface area contributed by atoms with E-state index in [9.17, 15) is 4.79 Å². The second-order valence-electron chi connectivity index (χ2n) is 3.68. The van der Waals surface area contributed by atoms with Crippen LogP contribution in [0.25, 0.3) is 0 Å². The van der Waals surface area contributed by atoms with Gasteiger partial charge in [0, 0.05) is 31.6 Å². The van der Waals surface area contributed by atoms with Crippen LogP contribution in [-0.4, -0.2) is 31.6 Å². The molecule has 0 unspecified atom stereocenters. The molecule has 0 aromatic heterocycles. The Morgan fingerprint density at radius 3 is 2.59 bits per heavy atom. The van der Waals surface area contributed by atoms with Gasteiger partial charge in [0.25, 0.3) is 5.91 Å². The van der Waals surface area contributed by atoms with Crippen molar-refractivity contribution in [2.45, 2.75) is 5.75 Å². The topological polar surface area (TPSA) is 32.7 Å². The van der Waals surface area contributed by atoms with Crippen LogP contribution in [-0.2, 0) is 5.75 Å². The minimum Gasteiger partial charge on any atom is -0.345 e. The molecule has 0 heterocycles. The van der Waals surface area contributed by atoms with E-state index in [-0.39, 0.29) is 5.91 Å². The minimum absolute atomic E-state index is 0.0277. The summed E-state index contributed by atoms with van der Waals surface area (Å²) in [5.74, 6) is 0.891. The van der Waals surface area contributed by atoms with Gasteiger partial charge in [-0.25, -0.2) is 0 Å². The summed E-state index contributed by atoms with van der Waals surface area (Å²) in [6.45, 7) is 3.36. The van der Waals surface area contributed by atoms with Crippen molar-refractivity contribution in [3.8, 4) is 0 Å². The predicted octanol–water partition coefficient (Wildman–Crippen LogP) is 2.79. The number of benzene rings is 1. The van der Waals surface area contributed by atoms with Crippen LogP contribution in [0.4, 0.5) is 0 Å². The molecule has 17 heavy (non-hydrogen) atoms. The maximum Gasteiger partial charge on any atom is 0.253 e. The Hall–Kier alpha value is -1.55. The molecule has 1 aromatic rings. The van der Waals surface area contributed by atoms with E-state index in [1.54, 1.807) is 37.0 Å². The van der Waals surface area contributed by atoms with Gasteiger partial charge in [-0.3, -0.25) is 9.79 Å². The monoisotopic (exact) mass is 248 g/mol. The van der Waals surface area contributed by atoms with E-state index in [2.05, 4.69) is 11.7 Å². The van der Waals surface area contributed by atoms with E-state index in [0.717, 1.165) is 5.75 Å². The molecular formula is C13H16N2OS. The highest BCUT2D eigenvalue weighted by Gasteiger charge is 2.06. The van der Waals surface area contributed by atoms with Gasteiger partial charge in [-0.1, -0.05) is 12.1 Å². The molecule has 0 N–H and O–H groups in total. The number of aliphatic imine (C=N–C) groups is 1. The highest BCUT2D eigenvalue weighted by atomic mass is 32.2. The average molecular weight is 248 g/mol. The lowest BCUT2D eigenvalue weighted by molar-refractivity contribution is 0.0827. The number of carbonyl (C=O) groups is 1. The van der Waals surface area contributed by atoms with Gasteiger partial charge >= 0.3 is 0 Å². The summed E-state index contributed by atoms with van der Waals surface area (Å²) < 4.78 is 0. The molecule has 90 valence electrons. The molecule has 1 aromatic carbocycles. The molecular weight excluding hydrogens is 232 g/mol. The predicted molar refractivity (Wildman–Crippen MR) is 74.4 cm³/mol. The lowest BCUT2D eigenvalue weighted by Gasteiger charge is -2.10. The van der Waals surface area contributed by atoms with E-state index in [1.807, 2.05) is 29.7 Å². The Morgan fingerprint density at radius 1 is 1.41 bits per heavy atom. The quantitative estimate of drug-likeness (QED) is 0.751. The van der Waals surface area contributed by atoms with E-state index in [4.69, 9.17) is 0 Å². The number of carbonyl (C=O) groups excluding carboxylic acids is 1. The van der Waals surface area contributed by atoms with Gasteiger partial charge < -0.3 is 4.90 Å². The van der Waals surface area contributed by atoms with Gasteiger partial charge in [-0.05, 0) is 29.8 Å². The summed E-state index contributed by atoms with van der Waals surface area (Å²) in [6.07, 6.45) is 1.66. The average Bonchev–Trinajstić information content (AvgIpc) is 2.34. The molecule has 0 aliphatic carbocycles. The van der Waals surface area contributed by atoms with Crippen LogP contribution in [0.3, 0.4) is 0 Å². The normalized spacial score (nSPS) is 10.5. The summed E-state index contributed by atoms with van der Waals surface area (Å²) in [7, 11) is 3.50. The number of hydrogen-bond acceptors (Lipinski definition) is 3. The van der Waals surface area contributed by atoms with Gasteiger partial charge in [0.05, 0.1) is 0 Å². The molecule has 1 amide bonds. The summed E-state index contributed by atoms with van der Waals surface area (Å²) >= 11 is 1.64. The Labute approximate surface area is 106 Å². The van der Waals surface area contributed by atoms with E-state index >= 15 is 0 Å². The van der Waals surface area contributed by atoms with Crippen molar-refractivity contribution >= 4 is 24.4 Å². The second-order valence-corrected chi connectivity index (χ2v) is 4.57. The molecule has 0 saturated carbocycles. The first-order chi connectivity index (χ1) is 8.15. The number of nitrogens with zero attached hydrogens (tertiary/aromatic N) is 2. The third kappa shape index (κ3) is 4.44. The van der Waals surface area contributed by atoms with Crippen molar-refractivity contribution in [2.24, 2.45) is 4.99 Å². The first-order valence-electron chi connectivity index (χ1n) is 5.18. The van der Waals surface area contributed by atoms with Crippen LogP contribution in [0.5, 0.6) is 0 Å². The fourth-order valence-electron chi connectivity index (χ4n) is 1.23. The summed E-state index contributed by atoms with van der Waals surface area (Å²) in [4.78, 5) is 16.8. The molecule has 0 atom stereocenters. The van der Waals surface area contributed by atoms with Gasteiger partial charge in [0.2, 0.25) is 0 Å². The Morgan fingerprint density at radius 2 is 2.06 bits per heavy atom. The van der Waals surface area contributed by atoms with Crippen molar-refractivity contribution in [3.05, 3.63) is 47.0 Å². The molecule has 0 aliphatic rings. The van der Waals surface area contributed by atoms with Crippen molar-refractivity contribution in [1.29, 1.82) is 0 Å². The molecule has 3 nitrogen and oxygen atoms in total. The van der Waals surface area contributed by atoms with Crippen molar-refractivity contribution in [1.82, 2.24) is 4.90 Å². The Bertz CT molecular complexity index is 410. The molecule has 0 spiro atoms. The summed E-state index contributed by atoms with van der Waals surface area (Å²) in [5.41, 5.74) is 1.89. The Balaban J connectivity index is 2.59. The summed E-state index contributed by atoms with van der Waals surface area (Å²) in [5, 5.41) is 1.89. The maximum atomic E-state index is 11.6. The molecule has 0 bridgehead atoms. The third-order valence-electron chi connectivity index (χ3n) is 2.12. The zero-order valence-electron chi connectivity index (χ0n) is 10.1. The van der Waals surface area contributed by atoms with Crippen molar-refractivity contribution < 1.29 is 4.79 Å². The van der Waals surface area contributed by atoms with Crippen LogP contribution in [0.15, 0.2) is 40.9 Å². The zero-order valence-corrected chi connectivity index (χ0v) is 10.9. The van der Waals surface area contributed by atoms with Gasteiger partial charge in [-0.15, -0.1) is 11.8 Å². The highest BCUT2D eigenvalue weighted by Crippen LogP contribution is 2.14. The van der Waals surface area contributed by atoms with Crippen LogP contribution in [0.2, 0.25) is 0 Å². The number of hydrogen-bond donors (Lipinski definition) is 0. The van der Waals surface area contributed by atoms with Gasteiger partial charge in [-0.2, -0.15) is 0 Å². The van der Waals surface area contributed by atoms with Crippen LogP contribution in [0, 0.1) is 0 Å². The van der Waals surface area contributed by atoms with Crippen molar-refractivity contribution in [2.75, 3.05) is 14.1 Å².